The third kappa shape index (κ3) is 1.80. The summed E-state index contributed by atoms with van der Waals surface area (Å²) in [6, 6.07) is 13.6. The van der Waals surface area contributed by atoms with Crippen molar-refractivity contribution in [3.8, 4) is 11.3 Å². The van der Waals surface area contributed by atoms with Gasteiger partial charge in [0, 0.05) is 11.8 Å². The first kappa shape index (κ1) is 8.91. The summed E-state index contributed by atoms with van der Waals surface area (Å²) < 4.78 is 0. The van der Waals surface area contributed by atoms with Gasteiger partial charge in [0.2, 0.25) is 0 Å². The van der Waals surface area contributed by atoms with Crippen LogP contribution in [0.5, 0.6) is 0 Å². The molecule has 0 saturated heterocycles. The molecule has 0 atom stereocenters. The van der Waals surface area contributed by atoms with E-state index in [4.69, 9.17) is 5.11 Å². The summed E-state index contributed by atoms with van der Waals surface area (Å²) in [6.45, 7) is 0.0701. The fourth-order valence-electron chi connectivity index (χ4n) is 1.36. The molecule has 1 heterocycles. The van der Waals surface area contributed by atoms with E-state index in [1.165, 1.54) is 0 Å². The first-order valence-electron chi connectivity index (χ1n) is 4.51. The fourth-order valence-corrected chi connectivity index (χ4v) is 1.36. The molecule has 2 heteroatoms. The van der Waals surface area contributed by atoms with Gasteiger partial charge in [-0.3, -0.25) is 4.98 Å². The van der Waals surface area contributed by atoms with Crippen LogP contribution >= 0.6 is 0 Å². The lowest BCUT2D eigenvalue weighted by molar-refractivity contribution is 0.282. The zero-order valence-electron chi connectivity index (χ0n) is 7.72. The van der Waals surface area contributed by atoms with Crippen molar-refractivity contribution in [1.29, 1.82) is 0 Å². The highest BCUT2D eigenvalue weighted by Crippen LogP contribution is 2.17. The summed E-state index contributed by atoms with van der Waals surface area (Å²) in [5.41, 5.74) is 2.88. The minimum absolute atomic E-state index is 0.0701. The first-order chi connectivity index (χ1) is 6.90. The average Bonchev–Trinajstić information content (AvgIpc) is 2.30. The van der Waals surface area contributed by atoms with Gasteiger partial charge in [0.25, 0.3) is 0 Å². The van der Waals surface area contributed by atoms with E-state index in [1.807, 2.05) is 42.5 Å². The molecule has 0 aliphatic heterocycles. The molecule has 1 aromatic carbocycles. The Labute approximate surface area is 82.9 Å². The van der Waals surface area contributed by atoms with E-state index in [0.29, 0.717) is 0 Å². The number of rotatable bonds is 2. The maximum Gasteiger partial charge on any atom is 0.0702 e. The predicted octanol–water partition coefficient (Wildman–Crippen LogP) is 2.24. The van der Waals surface area contributed by atoms with Crippen LogP contribution in [0.1, 0.15) is 5.56 Å². The van der Waals surface area contributed by atoms with Gasteiger partial charge in [0.05, 0.1) is 12.3 Å². The van der Waals surface area contributed by atoms with Crippen molar-refractivity contribution in [2.75, 3.05) is 0 Å². The van der Waals surface area contributed by atoms with E-state index in [0.717, 1.165) is 16.8 Å². The van der Waals surface area contributed by atoms with Crippen LogP contribution < -0.4 is 0 Å². The summed E-state index contributed by atoms with van der Waals surface area (Å²) in [7, 11) is 0. The summed E-state index contributed by atoms with van der Waals surface area (Å²) in [4.78, 5) is 4.24. The molecule has 0 fully saturated rings. The standard InChI is InChI=1S/C12H11NO/c14-9-10-4-3-5-11(8-10)12-6-1-2-7-13-12/h1-8,14H,9H2. The molecule has 2 aromatic rings. The normalized spacial score (nSPS) is 10.1. The quantitative estimate of drug-likeness (QED) is 0.778. The molecule has 1 N–H and O–H groups in total. The second-order valence-electron chi connectivity index (χ2n) is 3.07. The molecule has 0 unspecified atom stereocenters. The van der Waals surface area contributed by atoms with Crippen LogP contribution in [0, 0.1) is 0 Å². The molecule has 0 bridgehead atoms. The molecule has 0 saturated carbocycles. The Hall–Kier alpha value is -1.67. The molecule has 14 heavy (non-hydrogen) atoms. The number of hydrogen-bond acceptors (Lipinski definition) is 2. The van der Waals surface area contributed by atoms with Crippen LogP contribution in [0.2, 0.25) is 0 Å². The molecule has 2 nitrogen and oxygen atoms in total. The predicted molar refractivity (Wildman–Crippen MR) is 55.6 cm³/mol. The minimum Gasteiger partial charge on any atom is -0.392 e. The van der Waals surface area contributed by atoms with Crippen LogP contribution in [0.3, 0.4) is 0 Å². The summed E-state index contributed by atoms with van der Waals surface area (Å²) in [6.07, 6.45) is 1.76. The molecular formula is C12H11NO. The van der Waals surface area contributed by atoms with Crippen molar-refractivity contribution in [3.63, 3.8) is 0 Å². The molecule has 2 rings (SSSR count). The van der Waals surface area contributed by atoms with Gasteiger partial charge in [-0.05, 0) is 23.8 Å². The number of aromatic nitrogens is 1. The Kier molecular flexibility index (Phi) is 2.56. The smallest absolute Gasteiger partial charge is 0.0702 e. The van der Waals surface area contributed by atoms with Crippen LogP contribution in [0.15, 0.2) is 48.7 Å². The van der Waals surface area contributed by atoms with Gasteiger partial charge in [-0.1, -0.05) is 24.3 Å². The van der Waals surface area contributed by atoms with Crippen molar-refractivity contribution >= 4 is 0 Å². The van der Waals surface area contributed by atoms with Crippen molar-refractivity contribution in [1.82, 2.24) is 4.98 Å². The number of nitrogens with zero attached hydrogens (tertiary/aromatic N) is 1. The molecule has 0 aliphatic carbocycles. The van der Waals surface area contributed by atoms with E-state index >= 15 is 0 Å². The largest absolute Gasteiger partial charge is 0.392 e. The van der Waals surface area contributed by atoms with E-state index in [2.05, 4.69) is 4.98 Å². The number of pyridine rings is 1. The number of hydrogen-bond donors (Lipinski definition) is 1. The van der Waals surface area contributed by atoms with Crippen LogP contribution in [0.4, 0.5) is 0 Å². The average molecular weight is 185 g/mol. The molecule has 0 radical (unpaired) electrons. The van der Waals surface area contributed by atoms with E-state index in [-0.39, 0.29) is 6.61 Å². The Morgan fingerprint density at radius 3 is 2.71 bits per heavy atom. The van der Waals surface area contributed by atoms with E-state index < -0.39 is 0 Å². The highest BCUT2D eigenvalue weighted by atomic mass is 16.3. The summed E-state index contributed by atoms with van der Waals surface area (Å²) in [5.74, 6) is 0. The maximum atomic E-state index is 8.99. The van der Waals surface area contributed by atoms with Crippen molar-refractivity contribution in [2.45, 2.75) is 6.61 Å². The van der Waals surface area contributed by atoms with E-state index in [9.17, 15) is 0 Å². The molecular weight excluding hydrogens is 174 g/mol. The third-order valence-corrected chi connectivity index (χ3v) is 2.07. The highest BCUT2D eigenvalue weighted by Gasteiger charge is 1.98. The number of benzene rings is 1. The lowest BCUT2D eigenvalue weighted by Gasteiger charge is -2.01. The van der Waals surface area contributed by atoms with Gasteiger partial charge in [0.15, 0.2) is 0 Å². The second kappa shape index (κ2) is 4.03. The zero-order valence-corrected chi connectivity index (χ0v) is 7.72. The van der Waals surface area contributed by atoms with Gasteiger partial charge >= 0.3 is 0 Å². The maximum absolute atomic E-state index is 8.99. The Balaban J connectivity index is 2.42. The molecule has 0 spiro atoms. The van der Waals surface area contributed by atoms with Gasteiger partial charge in [0.1, 0.15) is 0 Å². The first-order valence-corrected chi connectivity index (χ1v) is 4.51. The third-order valence-electron chi connectivity index (χ3n) is 2.07. The zero-order chi connectivity index (χ0) is 9.80. The Bertz CT molecular complexity index is 412. The van der Waals surface area contributed by atoms with E-state index in [1.54, 1.807) is 6.20 Å². The van der Waals surface area contributed by atoms with Crippen LogP contribution in [0.25, 0.3) is 11.3 Å². The molecule has 1 aromatic heterocycles. The van der Waals surface area contributed by atoms with Gasteiger partial charge < -0.3 is 5.11 Å². The van der Waals surface area contributed by atoms with Crippen molar-refractivity contribution in [3.05, 3.63) is 54.2 Å². The van der Waals surface area contributed by atoms with Gasteiger partial charge in [-0.2, -0.15) is 0 Å². The number of aliphatic hydroxyl groups is 1. The Morgan fingerprint density at radius 1 is 1.07 bits per heavy atom. The molecule has 0 aliphatic rings. The topological polar surface area (TPSA) is 33.1 Å². The van der Waals surface area contributed by atoms with Crippen LogP contribution in [-0.2, 0) is 6.61 Å². The summed E-state index contributed by atoms with van der Waals surface area (Å²) in [5, 5.41) is 8.99. The lowest BCUT2D eigenvalue weighted by Crippen LogP contribution is -1.85. The SMILES string of the molecule is OCc1cccc(-c2ccccn2)c1. The molecule has 0 amide bonds. The van der Waals surface area contributed by atoms with Crippen LogP contribution in [-0.4, -0.2) is 10.1 Å². The van der Waals surface area contributed by atoms with Gasteiger partial charge in [-0.15, -0.1) is 0 Å². The number of aliphatic hydroxyl groups excluding tert-OH is 1. The second-order valence-corrected chi connectivity index (χ2v) is 3.07. The van der Waals surface area contributed by atoms with Gasteiger partial charge in [-0.25, -0.2) is 0 Å². The fraction of sp³-hybridized carbons (Fsp3) is 0.0833. The monoisotopic (exact) mass is 185 g/mol. The minimum atomic E-state index is 0.0701. The Morgan fingerprint density at radius 2 is 2.00 bits per heavy atom. The summed E-state index contributed by atoms with van der Waals surface area (Å²) >= 11 is 0. The van der Waals surface area contributed by atoms with Crippen molar-refractivity contribution in [2.24, 2.45) is 0 Å². The van der Waals surface area contributed by atoms with Crippen molar-refractivity contribution < 1.29 is 5.11 Å². The molecule has 70 valence electrons. The lowest BCUT2D eigenvalue weighted by atomic mass is 10.1. The highest BCUT2D eigenvalue weighted by molar-refractivity contribution is 5.59.